The fraction of sp³-hybridized carbons (Fsp3) is 0.444. The van der Waals surface area contributed by atoms with Gasteiger partial charge < -0.3 is 14.5 Å². The number of alkyl halides is 3. The number of aromatic nitrogens is 1. The van der Waals surface area contributed by atoms with Crippen molar-refractivity contribution >= 4 is 16.6 Å². The van der Waals surface area contributed by atoms with Crippen LogP contribution in [0.15, 0.2) is 53.9 Å². The molecule has 2 aliphatic heterocycles. The second kappa shape index (κ2) is 8.77. The molecule has 0 saturated carbocycles. The molecule has 0 atom stereocenters. The molecule has 0 amide bonds. The maximum absolute atomic E-state index is 13.8. The first kappa shape index (κ1) is 24.3. The van der Waals surface area contributed by atoms with Gasteiger partial charge in [0.15, 0.2) is 0 Å². The first-order valence-corrected chi connectivity index (χ1v) is 11.6. The number of para-hydroxylation sites is 1. The summed E-state index contributed by atoms with van der Waals surface area (Å²) in [6.45, 7) is 18.3. The highest BCUT2D eigenvalue weighted by molar-refractivity contribution is 5.97. The molecule has 0 radical (unpaired) electrons. The molecule has 1 aromatic heterocycles. The van der Waals surface area contributed by atoms with Gasteiger partial charge >= 0.3 is 6.18 Å². The Morgan fingerprint density at radius 1 is 1.18 bits per heavy atom. The number of nitrogens with zero attached hydrogens (tertiary/aromatic N) is 3. The van der Waals surface area contributed by atoms with E-state index in [1.165, 1.54) is 6.07 Å². The molecule has 0 spiro atoms. The quantitative estimate of drug-likeness (QED) is 0.518. The molecular formula is C27H32F3N3O. The van der Waals surface area contributed by atoms with Crippen molar-refractivity contribution in [2.24, 2.45) is 5.41 Å². The second-order valence-electron chi connectivity index (χ2n) is 9.77. The highest BCUT2D eigenvalue weighted by Crippen LogP contribution is 2.47. The van der Waals surface area contributed by atoms with E-state index in [4.69, 9.17) is 4.74 Å². The summed E-state index contributed by atoms with van der Waals surface area (Å²) in [5.41, 5.74) is 4.31. The van der Waals surface area contributed by atoms with Crippen LogP contribution in [0.25, 0.3) is 10.9 Å². The van der Waals surface area contributed by atoms with Crippen LogP contribution in [0.1, 0.15) is 37.6 Å². The van der Waals surface area contributed by atoms with Gasteiger partial charge in [-0.2, -0.15) is 13.2 Å². The molecule has 182 valence electrons. The fourth-order valence-corrected chi connectivity index (χ4v) is 4.93. The van der Waals surface area contributed by atoms with Gasteiger partial charge in [0.2, 0.25) is 0 Å². The number of allylic oxidation sites excluding steroid dienone is 4. The monoisotopic (exact) mass is 471 g/mol. The van der Waals surface area contributed by atoms with Crippen LogP contribution in [0.3, 0.4) is 0 Å². The third kappa shape index (κ3) is 4.33. The molecule has 0 bridgehead atoms. The predicted molar refractivity (Wildman–Crippen MR) is 131 cm³/mol. The summed E-state index contributed by atoms with van der Waals surface area (Å²) in [6, 6.07) is 4.28. The molecule has 0 aliphatic carbocycles. The van der Waals surface area contributed by atoms with Crippen LogP contribution in [-0.2, 0) is 10.9 Å². The number of pyridine rings is 1. The Kier molecular flexibility index (Phi) is 6.27. The zero-order chi connectivity index (χ0) is 24.8. The third-order valence-electron chi connectivity index (χ3n) is 6.96. The standard InChI is InChI=1S/C27H32F3N3O/c1-17(32-12-14-34-15-13-32)10-11-22-20(4)33(16-26(22,5)6)25-18(2)19(3)31-24-21(25)8-7-9-23(24)27(28,29)30/h7-11H,4,12-16H2,1-3,5-6H3/b17-10+,22-11+. The normalized spacial score (nSPS) is 20.6. The van der Waals surface area contributed by atoms with E-state index < -0.39 is 11.7 Å². The lowest BCUT2D eigenvalue weighted by molar-refractivity contribution is -0.136. The van der Waals surface area contributed by atoms with Crippen LogP contribution in [0.5, 0.6) is 0 Å². The summed E-state index contributed by atoms with van der Waals surface area (Å²) in [7, 11) is 0. The lowest BCUT2D eigenvalue weighted by atomic mass is 9.86. The number of hydrogen-bond acceptors (Lipinski definition) is 4. The largest absolute Gasteiger partial charge is 0.418 e. The van der Waals surface area contributed by atoms with Gasteiger partial charge in [-0.15, -0.1) is 0 Å². The molecule has 0 unspecified atom stereocenters. The lowest BCUT2D eigenvalue weighted by Gasteiger charge is -2.29. The SMILES string of the molecule is C=C1/C(=C\C=C(/C)N2CCOCC2)C(C)(C)CN1c1c(C)c(C)nc2c(C(F)(F)F)cccc12. The van der Waals surface area contributed by atoms with Gasteiger partial charge in [-0.25, -0.2) is 0 Å². The Morgan fingerprint density at radius 2 is 1.85 bits per heavy atom. The van der Waals surface area contributed by atoms with Gasteiger partial charge in [0, 0.05) is 47.5 Å². The van der Waals surface area contributed by atoms with Crippen molar-refractivity contribution in [3.05, 3.63) is 70.7 Å². The molecule has 1 aromatic carbocycles. The van der Waals surface area contributed by atoms with Crippen molar-refractivity contribution in [1.82, 2.24) is 9.88 Å². The summed E-state index contributed by atoms with van der Waals surface area (Å²) in [4.78, 5) is 8.71. The molecule has 2 aromatic rings. The number of anilines is 1. The maximum atomic E-state index is 13.8. The van der Waals surface area contributed by atoms with Crippen LogP contribution in [-0.4, -0.2) is 42.7 Å². The van der Waals surface area contributed by atoms with Gasteiger partial charge in [0.1, 0.15) is 0 Å². The van der Waals surface area contributed by atoms with Gasteiger partial charge in [0.05, 0.1) is 30.0 Å². The first-order valence-electron chi connectivity index (χ1n) is 11.6. The zero-order valence-corrected chi connectivity index (χ0v) is 20.5. The van der Waals surface area contributed by atoms with Crippen molar-refractivity contribution in [1.29, 1.82) is 0 Å². The van der Waals surface area contributed by atoms with Gasteiger partial charge in [-0.05, 0) is 44.1 Å². The third-order valence-corrected chi connectivity index (χ3v) is 6.96. The minimum Gasteiger partial charge on any atom is -0.378 e. The van der Waals surface area contributed by atoms with Crippen molar-refractivity contribution in [2.75, 3.05) is 37.7 Å². The molecule has 4 rings (SSSR count). The molecule has 2 saturated heterocycles. The van der Waals surface area contributed by atoms with Crippen molar-refractivity contribution in [2.45, 2.75) is 40.8 Å². The molecule has 2 aliphatic rings. The Hall–Kier alpha value is -2.80. The summed E-state index contributed by atoms with van der Waals surface area (Å²) in [5.74, 6) is 0. The van der Waals surface area contributed by atoms with E-state index in [0.717, 1.165) is 60.6 Å². The smallest absolute Gasteiger partial charge is 0.378 e. The second-order valence-corrected chi connectivity index (χ2v) is 9.77. The van der Waals surface area contributed by atoms with E-state index >= 15 is 0 Å². The summed E-state index contributed by atoms with van der Waals surface area (Å²) < 4.78 is 46.7. The minimum absolute atomic E-state index is 0.0146. The number of morpholine rings is 1. The fourth-order valence-electron chi connectivity index (χ4n) is 4.93. The van der Waals surface area contributed by atoms with Gasteiger partial charge in [0.25, 0.3) is 0 Å². The van der Waals surface area contributed by atoms with Gasteiger partial charge in [-0.1, -0.05) is 38.6 Å². The number of benzene rings is 1. The van der Waals surface area contributed by atoms with E-state index in [2.05, 4.69) is 54.3 Å². The van der Waals surface area contributed by atoms with Crippen LogP contribution in [0, 0.1) is 19.3 Å². The van der Waals surface area contributed by atoms with E-state index in [-0.39, 0.29) is 10.9 Å². The molecule has 3 heterocycles. The summed E-state index contributed by atoms with van der Waals surface area (Å²) in [5, 5.41) is 0.496. The van der Waals surface area contributed by atoms with Crippen LogP contribution in [0.4, 0.5) is 18.9 Å². The van der Waals surface area contributed by atoms with E-state index in [0.29, 0.717) is 17.6 Å². The van der Waals surface area contributed by atoms with E-state index in [1.807, 2.05) is 6.92 Å². The van der Waals surface area contributed by atoms with E-state index in [1.54, 1.807) is 13.0 Å². The van der Waals surface area contributed by atoms with Crippen molar-refractivity contribution < 1.29 is 17.9 Å². The first-order chi connectivity index (χ1) is 15.9. The summed E-state index contributed by atoms with van der Waals surface area (Å²) in [6.07, 6.45) is -0.249. The average Bonchev–Trinajstić information content (AvgIpc) is 3.00. The number of halogens is 3. The highest BCUT2D eigenvalue weighted by Gasteiger charge is 2.40. The van der Waals surface area contributed by atoms with Crippen LogP contribution >= 0.6 is 0 Å². The molecule has 7 heteroatoms. The van der Waals surface area contributed by atoms with Crippen LogP contribution in [0.2, 0.25) is 0 Å². The predicted octanol–water partition coefficient (Wildman–Crippen LogP) is 6.39. The molecule has 0 N–H and O–H groups in total. The Morgan fingerprint density at radius 3 is 2.50 bits per heavy atom. The zero-order valence-electron chi connectivity index (χ0n) is 20.5. The number of aryl methyl sites for hydroxylation is 1. The van der Waals surface area contributed by atoms with Gasteiger partial charge in [-0.3, -0.25) is 4.98 Å². The maximum Gasteiger partial charge on any atom is 0.418 e. The molecule has 34 heavy (non-hydrogen) atoms. The topological polar surface area (TPSA) is 28.6 Å². The molecule has 4 nitrogen and oxygen atoms in total. The Balaban J connectivity index is 1.79. The Bertz CT molecular complexity index is 1190. The molecular weight excluding hydrogens is 439 g/mol. The van der Waals surface area contributed by atoms with Crippen molar-refractivity contribution in [3.63, 3.8) is 0 Å². The minimum atomic E-state index is -4.47. The van der Waals surface area contributed by atoms with E-state index in [9.17, 15) is 13.2 Å². The molecule has 2 fully saturated rings. The lowest BCUT2D eigenvalue weighted by Crippen LogP contribution is -2.34. The highest BCUT2D eigenvalue weighted by atomic mass is 19.4. The number of ether oxygens (including phenoxy) is 1. The number of hydrogen-bond donors (Lipinski definition) is 0. The average molecular weight is 472 g/mol. The number of rotatable bonds is 3. The Labute approximate surface area is 199 Å². The number of fused-ring (bicyclic) bond motifs is 1. The van der Waals surface area contributed by atoms with Crippen LogP contribution < -0.4 is 4.90 Å². The van der Waals surface area contributed by atoms with Crippen molar-refractivity contribution in [3.8, 4) is 0 Å². The summed E-state index contributed by atoms with van der Waals surface area (Å²) >= 11 is 0.